The minimum atomic E-state index is -0.0806. The van der Waals surface area contributed by atoms with Gasteiger partial charge in [-0.25, -0.2) is 9.67 Å². The van der Waals surface area contributed by atoms with Crippen molar-refractivity contribution in [3.8, 4) is 0 Å². The zero-order valence-corrected chi connectivity index (χ0v) is 13.8. The maximum atomic E-state index is 11.9. The van der Waals surface area contributed by atoms with E-state index in [2.05, 4.69) is 38.1 Å². The summed E-state index contributed by atoms with van der Waals surface area (Å²) in [6.07, 6.45) is 4.25. The van der Waals surface area contributed by atoms with Gasteiger partial charge in [0.25, 0.3) is 11.3 Å². The first-order valence-electron chi connectivity index (χ1n) is 8.16. The molecule has 4 heterocycles. The highest BCUT2D eigenvalue weighted by Gasteiger charge is 2.22. The fourth-order valence-electron chi connectivity index (χ4n) is 3.14. The third-order valence-electron chi connectivity index (χ3n) is 4.35. The molecule has 0 spiro atoms. The molecule has 3 aromatic heterocycles. The molecule has 8 nitrogen and oxygen atoms in total. The van der Waals surface area contributed by atoms with Crippen molar-refractivity contribution in [1.29, 1.82) is 0 Å². The Kier molecular flexibility index (Phi) is 3.51. The van der Waals surface area contributed by atoms with Gasteiger partial charge < -0.3 is 4.90 Å². The summed E-state index contributed by atoms with van der Waals surface area (Å²) in [5.74, 6) is 1.58. The van der Waals surface area contributed by atoms with E-state index >= 15 is 0 Å². The van der Waals surface area contributed by atoms with E-state index in [1.807, 2.05) is 0 Å². The zero-order valence-electron chi connectivity index (χ0n) is 13.8. The number of aromatic nitrogens is 6. The molecule has 0 aliphatic carbocycles. The summed E-state index contributed by atoms with van der Waals surface area (Å²) in [5, 5.41) is 8.67. The first-order chi connectivity index (χ1) is 11.7. The van der Waals surface area contributed by atoms with E-state index in [9.17, 15) is 4.79 Å². The molecule has 1 aliphatic rings. The molecule has 0 N–H and O–H groups in total. The third-order valence-corrected chi connectivity index (χ3v) is 4.35. The van der Waals surface area contributed by atoms with Gasteiger partial charge in [0.2, 0.25) is 0 Å². The van der Waals surface area contributed by atoms with Crippen LogP contribution >= 0.6 is 0 Å². The lowest BCUT2D eigenvalue weighted by atomic mass is 10.1. The Morgan fingerprint density at radius 1 is 1.29 bits per heavy atom. The minimum Gasteiger partial charge on any atom is -0.352 e. The zero-order chi connectivity index (χ0) is 16.7. The number of nitrogens with zero attached hydrogens (tertiary/aromatic N) is 7. The normalized spacial score (nSPS) is 14.2. The van der Waals surface area contributed by atoms with Gasteiger partial charge in [0.05, 0.1) is 5.69 Å². The Hall–Kier alpha value is -2.77. The van der Waals surface area contributed by atoms with Crippen LogP contribution in [0, 0.1) is 0 Å². The molecule has 124 valence electrons. The predicted octanol–water partition coefficient (Wildman–Crippen LogP) is 0.733. The van der Waals surface area contributed by atoms with Crippen LogP contribution in [0.4, 0.5) is 5.82 Å². The lowest BCUT2D eigenvalue weighted by Gasteiger charge is -2.30. The van der Waals surface area contributed by atoms with Crippen LogP contribution in [-0.2, 0) is 26.4 Å². The second kappa shape index (κ2) is 5.70. The number of hydrogen-bond acceptors (Lipinski definition) is 6. The minimum absolute atomic E-state index is 0.0806. The number of hydrogen-bond donors (Lipinski definition) is 0. The van der Waals surface area contributed by atoms with E-state index in [0.717, 1.165) is 48.6 Å². The summed E-state index contributed by atoms with van der Waals surface area (Å²) in [7, 11) is 1.69. The molecule has 0 amide bonds. The monoisotopic (exact) mass is 325 g/mol. The van der Waals surface area contributed by atoms with Crippen LogP contribution in [0.1, 0.15) is 30.3 Å². The standard InChI is InChI=1S/C16H19N7O/c1-3-4-12-8-14(23-16(19-12)17-10-18-23)22-6-5-13-11(9-22)7-15(24)21(2)20-13/h7-8,10H,3-6,9H2,1-2H3. The molecule has 4 rings (SSSR count). The molecule has 0 saturated carbocycles. The summed E-state index contributed by atoms with van der Waals surface area (Å²) in [4.78, 5) is 22.9. The van der Waals surface area contributed by atoms with Crippen LogP contribution in [0.15, 0.2) is 23.3 Å². The molecule has 0 aromatic carbocycles. The van der Waals surface area contributed by atoms with Gasteiger partial charge in [0.1, 0.15) is 12.1 Å². The highest BCUT2D eigenvalue weighted by atomic mass is 16.1. The van der Waals surface area contributed by atoms with E-state index in [-0.39, 0.29) is 5.56 Å². The van der Waals surface area contributed by atoms with Gasteiger partial charge in [-0.1, -0.05) is 13.3 Å². The summed E-state index contributed by atoms with van der Waals surface area (Å²) in [6, 6.07) is 3.76. The van der Waals surface area contributed by atoms with Gasteiger partial charge in [-0.05, 0) is 6.42 Å². The fourth-order valence-corrected chi connectivity index (χ4v) is 3.14. The Labute approximate surface area is 138 Å². The van der Waals surface area contributed by atoms with Gasteiger partial charge in [-0.2, -0.15) is 19.7 Å². The van der Waals surface area contributed by atoms with Crippen LogP contribution in [0.2, 0.25) is 0 Å². The molecule has 24 heavy (non-hydrogen) atoms. The molecule has 1 aliphatic heterocycles. The molecule has 0 atom stereocenters. The SMILES string of the molecule is CCCc1cc(N2CCc3nn(C)c(=O)cc3C2)n2ncnc2n1. The van der Waals surface area contributed by atoms with E-state index in [1.54, 1.807) is 17.6 Å². The molecule has 0 bridgehead atoms. The Balaban J connectivity index is 1.76. The number of rotatable bonds is 3. The molecular formula is C16H19N7O. The first kappa shape index (κ1) is 14.8. The van der Waals surface area contributed by atoms with Gasteiger partial charge in [0.15, 0.2) is 0 Å². The summed E-state index contributed by atoms with van der Waals surface area (Å²) >= 11 is 0. The lowest BCUT2D eigenvalue weighted by Crippen LogP contribution is -2.35. The molecule has 3 aromatic rings. The average Bonchev–Trinajstić information content (AvgIpc) is 3.03. The van der Waals surface area contributed by atoms with E-state index < -0.39 is 0 Å². The third kappa shape index (κ3) is 2.44. The van der Waals surface area contributed by atoms with Crippen LogP contribution in [-0.4, -0.2) is 35.9 Å². The van der Waals surface area contributed by atoms with Crippen molar-refractivity contribution in [1.82, 2.24) is 29.4 Å². The molecule has 0 unspecified atom stereocenters. The number of fused-ring (bicyclic) bond motifs is 2. The Morgan fingerprint density at radius 2 is 2.17 bits per heavy atom. The summed E-state index contributed by atoms with van der Waals surface area (Å²) in [6.45, 7) is 3.60. The van der Waals surface area contributed by atoms with Crippen LogP contribution < -0.4 is 10.5 Å². The van der Waals surface area contributed by atoms with Crippen LogP contribution in [0.5, 0.6) is 0 Å². The van der Waals surface area contributed by atoms with Gasteiger partial charge in [-0.15, -0.1) is 0 Å². The highest BCUT2D eigenvalue weighted by molar-refractivity contribution is 5.49. The van der Waals surface area contributed by atoms with Crippen molar-refractivity contribution in [3.05, 3.63) is 45.8 Å². The van der Waals surface area contributed by atoms with Crippen LogP contribution in [0.25, 0.3) is 5.78 Å². The molecular weight excluding hydrogens is 306 g/mol. The quantitative estimate of drug-likeness (QED) is 0.706. The Bertz CT molecular complexity index is 959. The lowest BCUT2D eigenvalue weighted by molar-refractivity contribution is 0.617. The Morgan fingerprint density at radius 3 is 3.00 bits per heavy atom. The van der Waals surface area contributed by atoms with Crippen molar-refractivity contribution < 1.29 is 0 Å². The largest absolute Gasteiger partial charge is 0.352 e. The summed E-state index contributed by atoms with van der Waals surface area (Å²) in [5.41, 5.74) is 2.90. The van der Waals surface area contributed by atoms with E-state index in [1.165, 1.54) is 11.0 Å². The second-order valence-electron chi connectivity index (χ2n) is 6.08. The number of aryl methyl sites for hydroxylation is 2. The highest BCUT2D eigenvalue weighted by Crippen LogP contribution is 2.23. The molecule has 0 saturated heterocycles. The van der Waals surface area contributed by atoms with Crippen molar-refractivity contribution in [2.24, 2.45) is 7.05 Å². The van der Waals surface area contributed by atoms with Crippen molar-refractivity contribution >= 4 is 11.6 Å². The second-order valence-corrected chi connectivity index (χ2v) is 6.08. The van der Waals surface area contributed by atoms with Crippen molar-refractivity contribution in [3.63, 3.8) is 0 Å². The smallest absolute Gasteiger partial charge is 0.266 e. The maximum Gasteiger partial charge on any atom is 0.266 e. The van der Waals surface area contributed by atoms with E-state index in [4.69, 9.17) is 0 Å². The summed E-state index contributed by atoms with van der Waals surface area (Å²) < 4.78 is 3.16. The van der Waals surface area contributed by atoms with Crippen molar-refractivity contribution in [2.75, 3.05) is 11.4 Å². The van der Waals surface area contributed by atoms with Gasteiger partial charge in [0, 0.05) is 49.9 Å². The van der Waals surface area contributed by atoms with Gasteiger partial charge >= 0.3 is 0 Å². The average molecular weight is 325 g/mol. The maximum absolute atomic E-state index is 11.9. The van der Waals surface area contributed by atoms with Crippen LogP contribution in [0.3, 0.4) is 0 Å². The fraction of sp³-hybridized carbons (Fsp3) is 0.438. The first-order valence-corrected chi connectivity index (χ1v) is 8.16. The number of anilines is 1. The van der Waals surface area contributed by atoms with E-state index in [0.29, 0.717) is 12.3 Å². The molecule has 8 heteroatoms. The molecule has 0 fully saturated rings. The topological polar surface area (TPSA) is 81.2 Å². The van der Waals surface area contributed by atoms with Crippen molar-refractivity contribution in [2.45, 2.75) is 32.7 Å². The molecule has 0 radical (unpaired) electrons. The predicted molar refractivity (Wildman–Crippen MR) is 89.0 cm³/mol. The van der Waals surface area contributed by atoms with Gasteiger partial charge in [-0.3, -0.25) is 4.79 Å².